The molecule has 0 heterocycles. The van der Waals surface area contributed by atoms with Crippen LogP contribution in [0.5, 0.6) is 5.75 Å². The van der Waals surface area contributed by atoms with Crippen LogP contribution in [0.2, 0.25) is 5.02 Å². The summed E-state index contributed by atoms with van der Waals surface area (Å²) in [6.07, 6.45) is 0. The second kappa shape index (κ2) is 6.20. The van der Waals surface area contributed by atoms with E-state index in [4.69, 9.17) is 16.3 Å². The molecule has 0 saturated heterocycles. The van der Waals surface area contributed by atoms with E-state index in [9.17, 15) is 9.18 Å². The Morgan fingerprint density at radius 3 is 2.74 bits per heavy atom. The minimum absolute atomic E-state index is 0.214. The summed E-state index contributed by atoms with van der Waals surface area (Å²) in [5.41, 5.74) is 0.511. The molecule has 0 atom stereocenters. The number of anilines is 1. The molecule has 2 rings (SSSR count). The average molecular weight is 280 g/mol. The third-order valence-corrected chi connectivity index (χ3v) is 2.64. The van der Waals surface area contributed by atoms with Crippen LogP contribution in [0.25, 0.3) is 0 Å². The van der Waals surface area contributed by atoms with Gasteiger partial charge in [0.15, 0.2) is 6.61 Å². The molecule has 1 amide bonds. The third-order valence-electron chi connectivity index (χ3n) is 2.31. The Kier molecular flexibility index (Phi) is 4.36. The Balaban J connectivity index is 1.90. The Bertz CT molecular complexity index is 589. The minimum atomic E-state index is -0.413. The Morgan fingerprint density at radius 2 is 2.00 bits per heavy atom. The van der Waals surface area contributed by atoms with Gasteiger partial charge in [-0.15, -0.1) is 0 Å². The van der Waals surface area contributed by atoms with Gasteiger partial charge in [0.2, 0.25) is 0 Å². The van der Waals surface area contributed by atoms with E-state index < -0.39 is 5.82 Å². The predicted molar refractivity (Wildman–Crippen MR) is 72.0 cm³/mol. The normalized spacial score (nSPS) is 10.0. The van der Waals surface area contributed by atoms with Crippen LogP contribution in [0.3, 0.4) is 0 Å². The van der Waals surface area contributed by atoms with Gasteiger partial charge >= 0.3 is 0 Å². The lowest BCUT2D eigenvalue weighted by molar-refractivity contribution is -0.118. The number of halogens is 2. The fourth-order valence-corrected chi connectivity index (χ4v) is 1.64. The lowest BCUT2D eigenvalue weighted by Gasteiger charge is -2.08. The van der Waals surface area contributed by atoms with Crippen molar-refractivity contribution >= 4 is 23.2 Å². The number of carbonyl (C=O) groups excluding carboxylic acids is 1. The van der Waals surface area contributed by atoms with Crippen molar-refractivity contribution in [2.75, 3.05) is 11.9 Å². The molecule has 0 aromatic heterocycles. The summed E-state index contributed by atoms with van der Waals surface area (Å²) in [6, 6.07) is 12.5. The fourth-order valence-electron chi connectivity index (χ4n) is 1.45. The first-order valence-corrected chi connectivity index (χ1v) is 5.96. The van der Waals surface area contributed by atoms with E-state index >= 15 is 0 Å². The van der Waals surface area contributed by atoms with E-state index in [1.54, 1.807) is 30.3 Å². The molecule has 2 aromatic rings. The third kappa shape index (κ3) is 3.96. The number of carbonyl (C=O) groups is 1. The van der Waals surface area contributed by atoms with Crippen molar-refractivity contribution in [3.63, 3.8) is 0 Å². The number of ether oxygens (including phenoxy) is 1. The summed E-state index contributed by atoms with van der Waals surface area (Å²) in [5.74, 6) is -0.476. The van der Waals surface area contributed by atoms with E-state index in [2.05, 4.69) is 5.32 Å². The fraction of sp³-hybridized carbons (Fsp3) is 0.0714. The highest BCUT2D eigenvalue weighted by molar-refractivity contribution is 6.33. The zero-order valence-corrected chi connectivity index (χ0v) is 10.7. The molecule has 0 saturated carbocycles. The molecular weight excluding hydrogens is 269 g/mol. The number of benzene rings is 2. The maximum absolute atomic E-state index is 12.9. The summed E-state index contributed by atoms with van der Waals surface area (Å²) in [6.45, 7) is -0.214. The van der Waals surface area contributed by atoms with Crippen LogP contribution in [0.1, 0.15) is 0 Å². The number of para-hydroxylation sites is 1. The van der Waals surface area contributed by atoms with Crippen LogP contribution in [0, 0.1) is 5.82 Å². The first kappa shape index (κ1) is 13.4. The average Bonchev–Trinajstić information content (AvgIpc) is 2.39. The molecule has 3 nitrogen and oxygen atoms in total. The summed E-state index contributed by atoms with van der Waals surface area (Å²) >= 11 is 5.90. The van der Waals surface area contributed by atoms with Gasteiger partial charge < -0.3 is 10.1 Å². The van der Waals surface area contributed by atoms with Crippen molar-refractivity contribution < 1.29 is 13.9 Å². The second-order valence-corrected chi connectivity index (χ2v) is 4.18. The monoisotopic (exact) mass is 279 g/mol. The Hall–Kier alpha value is -2.07. The molecule has 0 aliphatic carbocycles. The number of hydrogen-bond acceptors (Lipinski definition) is 2. The van der Waals surface area contributed by atoms with Crippen LogP contribution in [-0.4, -0.2) is 12.5 Å². The smallest absolute Gasteiger partial charge is 0.262 e. The van der Waals surface area contributed by atoms with Crippen LogP contribution in [0.4, 0.5) is 10.1 Å². The molecule has 0 radical (unpaired) electrons. The first-order chi connectivity index (χ1) is 9.15. The topological polar surface area (TPSA) is 38.3 Å². The number of nitrogens with one attached hydrogen (secondary N) is 1. The van der Waals surface area contributed by atoms with Gasteiger partial charge in [0.25, 0.3) is 5.91 Å². The van der Waals surface area contributed by atoms with Crippen molar-refractivity contribution in [3.8, 4) is 5.75 Å². The SMILES string of the molecule is O=C(COc1cccc(F)c1)Nc1ccccc1Cl. The number of rotatable bonds is 4. The zero-order valence-electron chi connectivity index (χ0n) is 9.90. The van der Waals surface area contributed by atoms with Crippen molar-refractivity contribution in [2.45, 2.75) is 0 Å². The lowest BCUT2D eigenvalue weighted by Crippen LogP contribution is -2.20. The van der Waals surface area contributed by atoms with E-state index in [0.717, 1.165) is 0 Å². The van der Waals surface area contributed by atoms with Crippen molar-refractivity contribution in [2.24, 2.45) is 0 Å². The summed E-state index contributed by atoms with van der Waals surface area (Å²) in [5, 5.41) is 3.05. The minimum Gasteiger partial charge on any atom is -0.484 e. The molecule has 0 fully saturated rings. The van der Waals surface area contributed by atoms with Gasteiger partial charge in [-0.1, -0.05) is 29.8 Å². The van der Waals surface area contributed by atoms with E-state index in [-0.39, 0.29) is 12.5 Å². The summed E-state index contributed by atoms with van der Waals surface area (Å²) in [7, 11) is 0. The lowest BCUT2D eigenvalue weighted by atomic mass is 10.3. The number of hydrogen-bond donors (Lipinski definition) is 1. The molecule has 19 heavy (non-hydrogen) atoms. The van der Waals surface area contributed by atoms with Crippen LogP contribution < -0.4 is 10.1 Å². The van der Waals surface area contributed by atoms with Gasteiger partial charge in [0.1, 0.15) is 11.6 Å². The zero-order chi connectivity index (χ0) is 13.7. The summed E-state index contributed by atoms with van der Waals surface area (Å²) < 4.78 is 18.1. The predicted octanol–water partition coefficient (Wildman–Crippen LogP) is 3.50. The largest absolute Gasteiger partial charge is 0.484 e. The van der Waals surface area contributed by atoms with Gasteiger partial charge in [0, 0.05) is 6.07 Å². The van der Waals surface area contributed by atoms with E-state index in [1.165, 1.54) is 18.2 Å². The van der Waals surface area contributed by atoms with Gasteiger partial charge in [-0.2, -0.15) is 0 Å². The highest BCUT2D eigenvalue weighted by atomic mass is 35.5. The van der Waals surface area contributed by atoms with Gasteiger partial charge in [-0.25, -0.2) is 4.39 Å². The van der Waals surface area contributed by atoms with Crippen LogP contribution >= 0.6 is 11.6 Å². The van der Waals surface area contributed by atoms with Crippen LogP contribution in [0.15, 0.2) is 48.5 Å². The van der Waals surface area contributed by atoms with Gasteiger partial charge in [-0.3, -0.25) is 4.79 Å². The molecular formula is C14H11ClFNO2. The standard InChI is InChI=1S/C14H11ClFNO2/c15-12-6-1-2-7-13(12)17-14(18)9-19-11-5-3-4-10(16)8-11/h1-8H,9H2,(H,17,18). The molecule has 5 heteroatoms. The van der Waals surface area contributed by atoms with E-state index in [1.807, 2.05) is 0 Å². The first-order valence-electron chi connectivity index (χ1n) is 5.58. The van der Waals surface area contributed by atoms with Crippen molar-refractivity contribution in [1.29, 1.82) is 0 Å². The molecule has 98 valence electrons. The Morgan fingerprint density at radius 1 is 1.21 bits per heavy atom. The van der Waals surface area contributed by atoms with Crippen LogP contribution in [-0.2, 0) is 4.79 Å². The molecule has 1 N–H and O–H groups in total. The Labute approximate surface area is 115 Å². The quantitative estimate of drug-likeness (QED) is 0.930. The molecule has 0 unspecified atom stereocenters. The highest BCUT2D eigenvalue weighted by Gasteiger charge is 2.06. The number of amides is 1. The maximum atomic E-state index is 12.9. The second-order valence-electron chi connectivity index (χ2n) is 3.77. The van der Waals surface area contributed by atoms with Crippen molar-refractivity contribution in [3.05, 3.63) is 59.4 Å². The molecule has 0 aliphatic rings. The highest BCUT2D eigenvalue weighted by Crippen LogP contribution is 2.20. The van der Waals surface area contributed by atoms with Gasteiger partial charge in [-0.05, 0) is 24.3 Å². The molecule has 0 spiro atoms. The van der Waals surface area contributed by atoms with Crippen molar-refractivity contribution in [1.82, 2.24) is 0 Å². The summed E-state index contributed by atoms with van der Waals surface area (Å²) in [4.78, 5) is 11.6. The van der Waals surface area contributed by atoms with Gasteiger partial charge in [0.05, 0.1) is 10.7 Å². The maximum Gasteiger partial charge on any atom is 0.262 e. The van der Waals surface area contributed by atoms with E-state index in [0.29, 0.717) is 16.5 Å². The molecule has 0 aliphatic heterocycles. The molecule has 2 aromatic carbocycles. The molecule has 0 bridgehead atoms.